The van der Waals surface area contributed by atoms with E-state index >= 15 is 0 Å². The summed E-state index contributed by atoms with van der Waals surface area (Å²) >= 11 is 0. The minimum Gasteiger partial charge on any atom is -0.497 e. The van der Waals surface area contributed by atoms with Gasteiger partial charge in [0.15, 0.2) is 0 Å². The van der Waals surface area contributed by atoms with Crippen molar-refractivity contribution in [2.24, 2.45) is 17.8 Å². The predicted octanol–water partition coefficient (Wildman–Crippen LogP) is 3.81. The molecule has 204 valence electrons. The number of fused-ring (bicyclic) bond motifs is 1. The molecule has 2 saturated heterocycles. The van der Waals surface area contributed by atoms with Crippen LogP contribution in [0.5, 0.6) is 5.75 Å². The van der Waals surface area contributed by atoms with E-state index in [0.717, 1.165) is 51.4 Å². The summed E-state index contributed by atoms with van der Waals surface area (Å²) in [5, 5.41) is 6.26. The second-order valence-corrected chi connectivity index (χ2v) is 11.9. The summed E-state index contributed by atoms with van der Waals surface area (Å²) in [5.41, 5.74) is -0.509. The molecule has 0 unspecified atom stereocenters. The van der Waals surface area contributed by atoms with E-state index in [1.165, 1.54) is 6.42 Å². The van der Waals surface area contributed by atoms with E-state index in [4.69, 9.17) is 9.47 Å². The third-order valence-corrected chi connectivity index (χ3v) is 9.53. The highest BCUT2D eigenvalue weighted by atomic mass is 16.5. The highest BCUT2D eigenvalue weighted by Crippen LogP contribution is 2.56. The lowest BCUT2D eigenvalue weighted by Gasteiger charge is -2.40. The number of carbonyl (C=O) groups excluding carboxylic acids is 3. The summed E-state index contributed by atoms with van der Waals surface area (Å²) in [6, 6.07) is 6.54. The molecule has 0 radical (unpaired) electrons. The molecule has 3 heterocycles. The van der Waals surface area contributed by atoms with E-state index in [2.05, 4.69) is 17.6 Å². The first-order chi connectivity index (χ1) is 18.4. The number of hydrogen-bond acceptors (Lipinski definition) is 5. The van der Waals surface area contributed by atoms with Crippen molar-refractivity contribution < 1.29 is 23.9 Å². The summed E-state index contributed by atoms with van der Waals surface area (Å²) in [6.07, 6.45) is 12.4. The van der Waals surface area contributed by atoms with Gasteiger partial charge in [0.25, 0.3) is 0 Å². The molecule has 8 nitrogen and oxygen atoms in total. The van der Waals surface area contributed by atoms with E-state index in [-0.39, 0.29) is 29.8 Å². The van der Waals surface area contributed by atoms with Crippen LogP contribution < -0.4 is 15.4 Å². The van der Waals surface area contributed by atoms with Gasteiger partial charge in [0.1, 0.15) is 17.4 Å². The zero-order valence-electron chi connectivity index (χ0n) is 22.4. The summed E-state index contributed by atoms with van der Waals surface area (Å²) < 4.78 is 11.8. The van der Waals surface area contributed by atoms with Crippen molar-refractivity contribution in [1.82, 2.24) is 10.2 Å². The third-order valence-electron chi connectivity index (χ3n) is 9.53. The van der Waals surface area contributed by atoms with Crippen molar-refractivity contribution in [3.05, 3.63) is 36.4 Å². The highest BCUT2D eigenvalue weighted by Gasteiger charge is 2.73. The predicted molar refractivity (Wildman–Crippen MR) is 142 cm³/mol. The Morgan fingerprint density at radius 1 is 1.05 bits per heavy atom. The monoisotopic (exact) mass is 521 g/mol. The molecular formula is C30H39N3O5. The summed E-state index contributed by atoms with van der Waals surface area (Å²) in [4.78, 5) is 43.8. The molecule has 1 spiro atoms. The van der Waals surface area contributed by atoms with Gasteiger partial charge >= 0.3 is 0 Å². The maximum Gasteiger partial charge on any atom is 0.246 e. The van der Waals surface area contributed by atoms with E-state index in [0.29, 0.717) is 17.4 Å². The van der Waals surface area contributed by atoms with Crippen molar-refractivity contribution in [3.8, 4) is 5.75 Å². The number of hydrogen-bond donors (Lipinski definition) is 2. The Hall–Kier alpha value is -2.87. The Bertz CT molecular complexity index is 1120. The molecule has 6 rings (SSSR count). The fourth-order valence-corrected chi connectivity index (χ4v) is 7.57. The maximum absolute atomic E-state index is 14.3. The number of likely N-dealkylation sites (tertiary alicyclic amines) is 1. The Balaban J connectivity index is 1.31. The van der Waals surface area contributed by atoms with E-state index in [1.54, 1.807) is 19.2 Å². The Kier molecular flexibility index (Phi) is 6.70. The minimum atomic E-state index is -1.11. The quantitative estimate of drug-likeness (QED) is 0.555. The van der Waals surface area contributed by atoms with Crippen molar-refractivity contribution in [1.29, 1.82) is 0 Å². The van der Waals surface area contributed by atoms with Gasteiger partial charge in [-0.2, -0.15) is 0 Å². The maximum atomic E-state index is 14.3. The van der Waals surface area contributed by atoms with Crippen molar-refractivity contribution in [3.63, 3.8) is 0 Å². The van der Waals surface area contributed by atoms with Crippen molar-refractivity contribution in [2.45, 2.75) is 94.5 Å². The summed E-state index contributed by atoms with van der Waals surface area (Å²) in [6.45, 7) is 2.25. The van der Waals surface area contributed by atoms with Crippen LogP contribution in [0.3, 0.4) is 0 Å². The number of methoxy groups -OCH3 is 1. The van der Waals surface area contributed by atoms with Gasteiger partial charge in [-0.3, -0.25) is 14.4 Å². The zero-order valence-corrected chi connectivity index (χ0v) is 22.4. The molecule has 2 bridgehead atoms. The lowest BCUT2D eigenvalue weighted by Crippen LogP contribution is -2.58. The smallest absolute Gasteiger partial charge is 0.246 e. The number of rotatable bonds is 6. The molecular weight excluding hydrogens is 482 g/mol. The van der Waals surface area contributed by atoms with Gasteiger partial charge < -0.3 is 25.0 Å². The standard InChI is InChI=1S/C30H39N3O5/c1-18-11-13-21(14-12-18)33-26(28(35)31-19-7-4-3-5-8-19)30-16-15-23(38-30)24(25(30)29(33)36)27(34)32-20-9-6-10-22(17-20)37-2/h6,9-10,15-19,21,23-26H,3-5,7-8,11-14H2,1-2H3,(H,31,35)(H,32,34)/t18?,21?,23-,24-,25-,26-,30-/m0/s1. The second kappa shape index (κ2) is 10.0. The molecule has 2 saturated carbocycles. The van der Waals surface area contributed by atoms with Gasteiger partial charge in [0.05, 0.1) is 25.0 Å². The largest absolute Gasteiger partial charge is 0.497 e. The fourth-order valence-electron chi connectivity index (χ4n) is 7.57. The molecule has 0 aromatic heterocycles. The molecule has 5 aliphatic rings. The van der Waals surface area contributed by atoms with Crippen LogP contribution in [0.2, 0.25) is 0 Å². The Morgan fingerprint density at radius 3 is 2.55 bits per heavy atom. The van der Waals surface area contributed by atoms with Crippen LogP contribution >= 0.6 is 0 Å². The Morgan fingerprint density at radius 2 is 1.82 bits per heavy atom. The third kappa shape index (κ3) is 4.21. The van der Waals surface area contributed by atoms with Gasteiger partial charge in [-0.1, -0.05) is 44.4 Å². The number of nitrogens with zero attached hydrogens (tertiary/aromatic N) is 1. The fraction of sp³-hybridized carbons (Fsp3) is 0.633. The SMILES string of the molecule is COc1cccc(NC(=O)[C@H]2[C@@H]3C=C[C@]4(O3)[C@@H]2C(=O)N(C2CCC(C)CC2)[C@H]4C(=O)NC2CCCCC2)c1. The zero-order chi connectivity index (χ0) is 26.4. The van der Waals surface area contributed by atoms with Crippen LogP contribution in [0.15, 0.2) is 36.4 Å². The lowest BCUT2D eigenvalue weighted by molar-refractivity contribution is -0.145. The van der Waals surface area contributed by atoms with Crippen molar-refractivity contribution >= 4 is 23.4 Å². The van der Waals surface area contributed by atoms with Crippen LogP contribution in [0.1, 0.15) is 64.7 Å². The molecule has 1 aromatic carbocycles. The van der Waals surface area contributed by atoms with Crippen LogP contribution in [0, 0.1) is 17.8 Å². The van der Waals surface area contributed by atoms with Gasteiger partial charge in [0, 0.05) is 23.8 Å². The van der Waals surface area contributed by atoms with Crippen LogP contribution in [0.4, 0.5) is 5.69 Å². The lowest BCUT2D eigenvalue weighted by atomic mass is 9.74. The van der Waals surface area contributed by atoms with Crippen LogP contribution in [-0.2, 0) is 19.1 Å². The van der Waals surface area contributed by atoms with Gasteiger partial charge in [-0.25, -0.2) is 0 Å². The first kappa shape index (κ1) is 25.4. The molecule has 8 heteroatoms. The molecule has 3 aliphatic heterocycles. The first-order valence-electron chi connectivity index (χ1n) is 14.4. The number of anilines is 1. The van der Waals surface area contributed by atoms with Crippen LogP contribution in [-0.4, -0.2) is 59.6 Å². The average molecular weight is 522 g/mol. The normalized spacial score (nSPS) is 36.3. The van der Waals surface area contributed by atoms with E-state index in [9.17, 15) is 14.4 Å². The van der Waals surface area contributed by atoms with Gasteiger partial charge in [0.2, 0.25) is 17.7 Å². The van der Waals surface area contributed by atoms with Gasteiger partial charge in [-0.15, -0.1) is 0 Å². The Labute approximate surface area is 224 Å². The molecule has 2 aliphatic carbocycles. The molecule has 4 fully saturated rings. The van der Waals surface area contributed by atoms with Gasteiger partial charge in [-0.05, 0) is 56.6 Å². The van der Waals surface area contributed by atoms with Crippen molar-refractivity contribution in [2.75, 3.05) is 12.4 Å². The molecule has 3 amide bonds. The first-order valence-corrected chi connectivity index (χ1v) is 14.4. The molecule has 2 N–H and O–H groups in total. The molecule has 1 aromatic rings. The average Bonchev–Trinajstić information content (AvgIpc) is 3.57. The number of amides is 3. The number of ether oxygens (including phenoxy) is 2. The molecule has 5 atom stereocenters. The van der Waals surface area contributed by atoms with Crippen LogP contribution in [0.25, 0.3) is 0 Å². The van der Waals surface area contributed by atoms with E-state index in [1.807, 2.05) is 29.2 Å². The number of nitrogens with one attached hydrogen (secondary N) is 2. The minimum absolute atomic E-state index is 0.0149. The summed E-state index contributed by atoms with van der Waals surface area (Å²) in [7, 11) is 1.58. The summed E-state index contributed by atoms with van der Waals surface area (Å²) in [5.74, 6) is -0.683. The molecule has 38 heavy (non-hydrogen) atoms. The van der Waals surface area contributed by atoms with E-state index < -0.39 is 29.6 Å². The second-order valence-electron chi connectivity index (χ2n) is 11.9. The highest BCUT2D eigenvalue weighted by molar-refractivity contribution is 6.03. The number of benzene rings is 1. The topological polar surface area (TPSA) is 97.0 Å². The number of carbonyl (C=O) groups is 3.